The molecular weight excluding hydrogens is 232 g/mol. The fraction of sp³-hybridized carbons (Fsp3) is 0.333. The number of carbonyl (C=O) groups is 1. The van der Waals surface area contributed by atoms with Gasteiger partial charge in [0.2, 0.25) is 5.95 Å². The highest BCUT2D eigenvalue weighted by Gasteiger charge is 2.03. The number of aromatic nitrogens is 3. The molecule has 1 N–H and O–H groups in total. The fourth-order valence-corrected chi connectivity index (χ4v) is 1.47. The van der Waals surface area contributed by atoms with Gasteiger partial charge >= 0.3 is 5.97 Å². The van der Waals surface area contributed by atoms with Crippen LogP contribution >= 0.6 is 0 Å². The molecule has 0 atom stereocenters. The Morgan fingerprint density at radius 1 is 1.28 bits per heavy atom. The molecule has 0 fully saturated rings. The van der Waals surface area contributed by atoms with Crippen LogP contribution in [0.3, 0.4) is 0 Å². The molecule has 1 aromatic heterocycles. The molecule has 1 aromatic carbocycles. The summed E-state index contributed by atoms with van der Waals surface area (Å²) in [5.74, 6) is 0.178. The summed E-state index contributed by atoms with van der Waals surface area (Å²) in [4.78, 5) is 15.4. The molecule has 6 heteroatoms. The zero-order chi connectivity index (χ0) is 12.8. The number of hydrogen-bond donors (Lipinski definition) is 1. The molecule has 0 bridgehead atoms. The Bertz CT molecular complexity index is 544. The number of hydrogen-bond acceptors (Lipinski definition) is 6. The van der Waals surface area contributed by atoms with E-state index < -0.39 is 0 Å². The summed E-state index contributed by atoms with van der Waals surface area (Å²) in [5, 5.41) is 10.9. The minimum absolute atomic E-state index is 0.237. The third kappa shape index (κ3) is 3.13. The summed E-state index contributed by atoms with van der Waals surface area (Å²) >= 11 is 0. The van der Waals surface area contributed by atoms with Gasteiger partial charge in [-0.25, -0.2) is 4.98 Å². The Morgan fingerprint density at radius 2 is 2.06 bits per heavy atom. The first kappa shape index (κ1) is 12.2. The van der Waals surface area contributed by atoms with Crippen LogP contribution in [0.25, 0.3) is 11.0 Å². The van der Waals surface area contributed by atoms with Crippen molar-refractivity contribution >= 4 is 23.0 Å². The van der Waals surface area contributed by atoms with Crippen LogP contribution in [-0.4, -0.2) is 34.3 Å². The van der Waals surface area contributed by atoms with Crippen molar-refractivity contribution in [2.45, 2.75) is 13.3 Å². The van der Waals surface area contributed by atoms with Crippen molar-refractivity contribution in [1.82, 2.24) is 15.2 Å². The molecule has 0 radical (unpaired) electrons. The van der Waals surface area contributed by atoms with Gasteiger partial charge in [-0.05, 0) is 19.1 Å². The van der Waals surface area contributed by atoms with E-state index in [0.717, 1.165) is 11.0 Å². The summed E-state index contributed by atoms with van der Waals surface area (Å²) in [6.07, 6.45) is 0.282. The summed E-state index contributed by atoms with van der Waals surface area (Å²) in [5.41, 5.74) is 1.51. The number of fused-ring (bicyclic) bond motifs is 1. The highest BCUT2D eigenvalue weighted by atomic mass is 16.5. The zero-order valence-corrected chi connectivity index (χ0v) is 10.1. The number of nitrogens with zero attached hydrogens (tertiary/aromatic N) is 3. The number of anilines is 1. The zero-order valence-electron chi connectivity index (χ0n) is 10.1. The standard InChI is InChI=1S/C12H14N4O2/c1-2-18-11(17)7-8-13-12-14-9-5-3-4-6-10(9)15-16-12/h3-6H,2,7-8H2,1H3,(H,13,14,16). The lowest BCUT2D eigenvalue weighted by molar-refractivity contribution is -0.142. The number of para-hydroxylation sites is 1. The maximum absolute atomic E-state index is 11.1. The Labute approximate surface area is 104 Å². The third-order valence-electron chi connectivity index (χ3n) is 2.28. The van der Waals surface area contributed by atoms with Gasteiger partial charge in [0.15, 0.2) is 0 Å². The maximum atomic E-state index is 11.1. The van der Waals surface area contributed by atoms with E-state index in [0.29, 0.717) is 19.1 Å². The monoisotopic (exact) mass is 246 g/mol. The molecule has 94 valence electrons. The average Bonchev–Trinajstić information content (AvgIpc) is 2.39. The molecule has 2 rings (SSSR count). The van der Waals surface area contributed by atoms with Crippen molar-refractivity contribution in [2.24, 2.45) is 0 Å². The van der Waals surface area contributed by atoms with E-state index in [-0.39, 0.29) is 12.4 Å². The van der Waals surface area contributed by atoms with E-state index in [9.17, 15) is 4.79 Å². The van der Waals surface area contributed by atoms with Gasteiger partial charge in [-0.15, -0.1) is 10.2 Å². The van der Waals surface area contributed by atoms with Gasteiger partial charge in [-0.2, -0.15) is 0 Å². The van der Waals surface area contributed by atoms with Gasteiger partial charge in [0.25, 0.3) is 0 Å². The molecular formula is C12H14N4O2. The summed E-state index contributed by atoms with van der Waals surface area (Å²) < 4.78 is 4.81. The van der Waals surface area contributed by atoms with Gasteiger partial charge in [-0.1, -0.05) is 12.1 Å². The fourth-order valence-electron chi connectivity index (χ4n) is 1.47. The molecule has 0 aliphatic carbocycles. The van der Waals surface area contributed by atoms with Crippen LogP contribution in [0.15, 0.2) is 24.3 Å². The first-order chi connectivity index (χ1) is 8.79. The Morgan fingerprint density at radius 3 is 2.83 bits per heavy atom. The molecule has 0 spiro atoms. The molecule has 2 aromatic rings. The lowest BCUT2D eigenvalue weighted by atomic mass is 10.3. The van der Waals surface area contributed by atoms with E-state index in [4.69, 9.17) is 4.74 Å². The van der Waals surface area contributed by atoms with Crippen molar-refractivity contribution in [3.8, 4) is 0 Å². The van der Waals surface area contributed by atoms with E-state index in [2.05, 4.69) is 20.5 Å². The molecule has 0 saturated carbocycles. The lowest BCUT2D eigenvalue weighted by Gasteiger charge is -2.04. The molecule has 0 aliphatic heterocycles. The SMILES string of the molecule is CCOC(=O)CCNc1nnc2ccccc2n1. The summed E-state index contributed by atoms with van der Waals surface area (Å²) in [6, 6.07) is 7.48. The van der Waals surface area contributed by atoms with Gasteiger partial charge in [-0.3, -0.25) is 4.79 Å². The van der Waals surface area contributed by atoms with Gasteiger partial charge in [0.1, 0.15) is 5.52 Å². The van der Waals surface area contributed by atoms with Gasteiger partial charge in [0, 0.05) is 6.54 Å². The second-order valence-corrected chi connectivity index (χ2v) is 3.61. The Balaban J connectivity index is 1.93. The van der Waals surface area contributed by atoms with Gasteiger partial charge in [0.05, 0.1) is 18.5 Å². The normalized spacial score (nSPS) is 10.3. The topological polar surface area (TPSA) is 77.0 Å². The van der Waals surface area contributed by atoms with Crippen molar-refractivity contribution in [3.05, 3.63) is 24.3 Å². The number of nitrogens with one attached hydrogen (secondary N) is 1. The van der Waals surface area contributed by atoms with Gasteiger partial charge < -0.3 is 10.1 Å². The van der Waals surface area contributed by atoms with Crippen molar-refractivity contribution < 1.29 is 9.53 Å². The number of carbonyl (C=O) groups excluding carboxylic acids is 1. The molecule has 0 saturated heterocycles. The van der Waals surface area contributed by atoms with Crippen molar-refractivity contribution in [1.29, 1.82) is 0 Å². The first-order valence-electron chi connectivity index (χ1n) is 5.78. The number of ether oxygens (including phenoxy) is 1. The van der Waals surface area contributed by atoms with Crippen LogP contribution in [-0.2, 0) is 9.53 Å². The highest BCUT2D eigenvalue weighted by molar-refractivity contribution is 5.74. The predicted octanol–water partition coefficient (Wildman–Crippen LogP) is 1.39. The van der Waals surface area contributed by atoms with Crippen LogP contribution in [0.1, 0.15) is 13.3 Å². The molecule has 0 unspecified atom stereocenters. The van der Waals surface area contributed by atoms with Crippen LogP contribution in [0.5, 0.6) is 0 Å². The summed E-state index contributed by atoms with van der Waals surface area (Å²) in [6.45, 7) is 2.60. The summed E-state index contributed by atoms with van der Waals surface area (Å²) in [7, 11) is 0. The number of rotatable bonds is 5. The average molecular weight is 246 g/mol. The highest BCUT2D eigenvalue weighted by Crippen LogP contribution is 2.08. The molecule has 1 heterocycles. The lowest BCUT2D eigenvalue weighted by Crippen LogP contribution is -2.13. The quantitative estimate of drug-likeness (QED) is 0.803. The minimum atomic E-state index is -0.237. The maximum Gasteiger partial charge on any atom is 0.307 e. The van der Waals surface area contributed by atoms with Crippen molar-refractivity contribution in [3.63, 3.8) is 0 Å². The largest absolute Gasteiger partial charge is 0.466 e. The number of esters is 1. The first-order valence-corrected chi connectivity index (χ1v) is 5.78. The Hall–Kier alpha value is -2.24. The minimum Gasteiger partial charge on any atom is -0.466 e. The number of benzene rings is 1. The van der Waals surface area contributed by atoms with Crippen LogP contribution in [0.2, 0.25) is 0 Å². The van der Waals surface area contributed by atoms with Crippen LogP contribution < -0.4 is 5.32 Å². The second kappa shape index (κ2) is 5.90. The molecule has 6 nitrogen and oxygen atoms in total. The smallest absolute Gasteiger partial charge is 0.307 e. The molecule has 0 amide bonds. The molecule has 18 heavy (non-hydrogen) atoms. The van der Waals surface area contributed by atoms with E-state index in [1.165, 1.54) is 0 Å². The second-order valence-electron chi connectivity index (χ2n) is 3.61. The predicted molar refractivity (Wildman–Crippen MR) is 67.1 cm³/mol. The van der Waals surface area contributed by atoms with Crippen molar-refractivity contribution in [2.75, 3.05) is 18.5 Å². The molecule has 0 aliphatic rings. The third-order valence-corrected chi connectivity index (χ3v) is 2.28. The van der Waals surface area contributed by atoms with E-state index in [1.54, 1.807) is 6.92 Å². The van der Waals surface area contributed by atoms with Crippen LogP contribution in [0.4, 0.5) is 5.95 Å². The van der Waals surface area contributed by atoms with E-state index >= 15 is 0 Å². The van der Waals surface area contributed by atoms with E-state index in [1.807, 2.05) is 24.3 Å². The van der Waals surface area contributed by atoms with Crippen LogP contribution in [0, 0.1) is 0 Å². The Kier molecular flexibility index (Phi) is 4.01.